The lowest BCUT2D eigenvalue weighted by Crippen LogP contribution is -2.26. The summed E-state index contributed by atoms with van der Waals surface area (Å²) in [5.74, 6) is 2.21. The summed E-state index contributed by atoms with van der Waals surface area (Å²) in [4.78, 5) is 0. The van der Waals surface area contributed by atoms with Crippen LogP contribution < -0.4 is 14.8 Å². The van der Waals surface area contributed by atoms with Gasteiger partial charge in [-0.25, -0.2) is 0 Å². The van der Waals surface area contributed by atoms with Crippen LogP contribution in [0.1, 0.15) is 24.1 Å². The predicted molar refractivity (Wildman–Crippen MR) is 85.2 cm³/mol. The third-order valence-electron chi connectivity index (χ3n) is 4.22. The first-order valence-corrected chi connectivity index (χ1v) is 7.30. The van der Waals surface area contributed by atoms with Crippen LogP contribution in [0.4, 0.5) is 5.69 Å². The van der Waals surface area contributed by atoms with Crippen molar-refractivity contribution in [1.29, 1.82) is 0 Å². The highest BCUT2D eigenvalue weighted by Gasteiger charge is 2.30. The van der Waals surface area contributed by atoms with E-state index in [2.05, 4.69) is 36.5 Å². The fourth-order valence-corrected chi connectivity index (χ4v) is 3.16. The second-order valence-corrected chi connectivity index (χ2v) is 5.54. The van der Waals surface area contributed by atoms with Crippen molar-refractivity contribution in [2.45, 2.75) is 19.4 Å². The third kappa shape index (κ3) is 2.44. The van der Waals surface area contributed by atoms with Crippen molar-refractivity contribution < 1.29 is 9.47 Å². The first-order chi connectivity index (χ1) is 10.2. The fourth-order valence-electron chi connectivity index (χ4n) is 3.16. The van der Waals surface area contributed by atoms with Crippen molar-refractivity contribution in [3.63, 3.8) is 0 Å². The average Bonchev–Trinajstić information content (AvgIpc) is 2.53. The maximum Gasteiger partial charge on any atom is 0.127 e. The van der Waals surface area contributed by atoms with Crippen molar-refractivity contribution in [2.75, 3.05) is 19.5 Å². The van der Waals surface area contributed by atoms with E-state index in [1.165, 1.54) is 11.3 Å². The highest BCUT2D eigenvalue weighted by molar-refractivity contribution is 5.58. The number of ether oxygens (including phenoxy) is 2. The van der Waals surface area contributed by atoms with Gasteiger partial charge >= 0.3 is 0 Å². The lowest BCUT2D eigenvalue weighted by atomic mass is 9.84. The van der Waals surface area contributed by atoms with E-state index in [0.29, 0.717) is 5.92 Å². The molecule has 110 valence electrons. The standard InChI is InChI=1S/C18H21NO2/c1-12-11-13-7-4-5-8-14(13)19-18(12)17-15(20-2)9-6-10-16(17)21-3/h4-10,12,18-19H,11H2,1-3H3. The first kappa shape index (κ1) is 13.8. The van der Waals surface area contributed by atoms with Gasteiger partial charge < -0.3 is 14.8 Å². The number of nitrogens with one attached hydrogen (secondary N) is 1. The van der Waals surface area contributed by atoms with Crippen LogP contribution in [0.3, 0.4) is 0 Å². The van der Waals surface area contributed by atoms with E-state index in [-0.39, 0.29) is 6.04 Å². The Morgan fingerprint density at radius 2 is 1.62 bits per heavy atom. The van der Waals surface area contributed by atoms with Crippen molar-refractivity contribution >= 4 is 5.69 Å². The summed E-state index contributed by atoms with van der Waals surface area (Å²) >= 11 is 0. The van der Waals surface area contributed by atoms with Crippen LogP contribution in [0.25, 0.3) is 0 Å². The zero-order valence-electron chi connectivity index (χ0n) is 12.7. The number of hydrogen-bond donors (Lipinski definition) is 1. The third-order valence-corrected chi connectivity index (χ3v) is 4.22. The molecule has 2 aromatic rings. The van der Waals surface area contributed by atoms with Crippen LogP contribution in [0.5, 0.6) is 11.5 Å². The minimum atomic E-state index is 0.186. The summed E-state index contributed by atoms with van der Waals surface area (Å²) in [7, 11) is 3.42. The first-order valence-electron chi connectivity index (χ1n) is 7.30. The van der Waals surface area contributed by atoms with E-state index in [4.69, 9.17) is 9.47 Å². The zero-order chi connectivity index (χ0) is 14.8. The van der Waals surface area contributed by atoms with Crippen molar-refractivity contribution in [3.05, 3.63) is 53.6 Å². The van der Waals surface area contributed by atoms with E-state index >= 15 is 0 Å². The smallest absolute Gasteiger partial charge is 0.127 e. The van der Waals surface area contributed by atoms with Gasteiger partial charge in [0.1, 0.15) is 11.5 Å². The van der Waals surface area contributed by atoms with E-state index in [0.717, 1.165) is 23.5 Å². The monoisotopic (exact) mass is 283 g/mol. The molecular weight excluding hydrogens is 262 g/mol. The van der Waals surface area contributed by atoms with Gasteiger partial charge in [0, 0.05) is 5.69 Å². The zero-order valence-corrected chi connectivity index (χ0v) is 12.7. The van der Waals surface area contributed by atoms with Crippen LogP contribution in [0.2, 0.25) is 0 Å². The number of hydrogen-bond acceptors (Lipinski definition) is 3. The largest absolute Gasteiger partial charge is 0.496 e. The van der Waals surface area contributed by atoms with E-state index < -0.39 is 0 Å². The van der Waals surface area contributed by atoms with Crippen LogP contribution in [-0.4, -0.2) is 14.2 Å². The normalized spacial score (nSPS) is 20.3. The molecule has 2 aromatic carbocycles. The van der Waals surface area contributed by atoms with Crippen LogP contribution in [0.15, 0.2) is 42.5 Å². The lowest BCUT2D eigenvalue weighted by Gasteiger charge is -2.34. The quantitative estimate of drug-likeness (QED) is 0.922. The lowest BCUT2D eigenvalue weighted by molar-refractivity contribution is 0.365. The molecular formula is C18H21NO2. The summed E-state index contributed by atoms with van der Waals surface area (Å²) < 4.78 is 11.1. The SMILES string of the molecule is COc1cccc(OC)c1C1Nc2ccccc2CC1C. The number of para-hydroxylation sites is 1. The molecule has 0 bridgehead atoms. The Morgan fingerprint density at radius 1 is 0.952 bits per heavy atom. The summed E-state index contributed by atoms with van der Waals surface area (Å²) in [6.45, 7) is 2.26. The van der Waals surface area contributed by atoms with Crippen molar-refractivity contribution in [1.82, 2.24) is 0 Å². The molecule has 1 heterocycles. The van der Waals surface area contributed by atoms with Gasteiger partial charge in [0.05, 0.1) is 25.8 Å². The Kier molecular flexibility index (Phi) is 3.74. The molecule has 0 radical (unpaired) electrons. The molecule has 3 rings (SSSR count). The summed E-state index contributed by atoms with van der Waals surface area (Å²) in [6, 6.07) is 14.6. The minimum absolute atomic E-state index is 0.186. The van der Waals surface area contributed by atoms with Gasteiger partial charge in [-0.2, -0.15) is 0 Å². The number of fused-ring (bicyclic) bond motifs is 1. The molecule has 0 aliphatic carbocycles. The van der Waals surface area contributed by atoms with Gasteiger partial charge in [-0.15, -0.1) is 0 Å². The maximum atomic E-state index is 5.56. The Bertz CT molecular complexity index is 617. The number of methoxy groups -OCH3 is 2. The average molecular weight is 283 g/mol. The molecule has 0 spiro atoms. The Balaban J connectivity index is 2.05. The van der Waals surface area contributed by atoms with Crippen molar-refractivity contribution in [2.24, 2.45) is 5.92 Å². The second kappa shape index (κ2) is 5.68. The fraction of sp³-hybridized carbons (Fsp3) is 0.333. The minimum Gasteiger partial charge on any atom is -0.496 e. The second-order valence-electron chi connectivity index (χ2n) is 5.54. The Morgan fingerprint density at radius 3 is 2.29 bits per heavy atom. The maximum absolute atomic E-state index is 5.56. The van der Waals surface area contributed by atoms with Gasteiger partial charge in [0.25, 0.3) is 0 Å². The van der Waals surface area contributed by atoms with E-state index in [1.54, 1.807) is 14.2 Å². The molecule has 0 saturated carbocycles. The Labute approximate surface area is 125 Å². The van der Waals surface area contributed by atoms with Crippen LogP contribution in [0, 0.1) is 5.92 Å². The molecule has 3 heteroatoms. The van der Waals surface area contributed by atoms with Crippen LogP contribution >= 0.6 is 0 Å². The van der Waals surface area contributed by atoms with Gasteiger partial charge in [-0.1, -0.05) is 31.2 Å². The van der Waals surface area contributed by atoms with Crippen LogP contribution in [-0.2, 0) is 6.42 Å². The molecule has 1 N–H and O–H groups in total. The molecule has 0 aromatic heterocycles. The molecule has 1 aliphatic rings. The van der Waals surface area contributed by atoms with E-state index in [1.807, 2.05) is 18.2 Å². The summed E-state index contributed by atoms with van der Waals surface area (Å²) in [5.41, 5.74) is 3.67. The van der Waals surface area contributed by atoms with Gasteiger partial charge in [-0.05, 0) is 36.1 Å². The molecule has 0 amide bonds. The number of anilines is 1. The molecule has 0 saturated heterocycles. The highest BCUT2D eigenvalue weighted by atomic mass is 16.5. The topological polar surface area (TPSA) is 30.5 Å². The summed E-state index contributed by atoms with van der Waals surface area (Å²) in [6.07, 6.45) is 1.05. The van der Waals surface area contributed by atoms with Crippen molar-refractivity contribution in [3.8, 4) is 11.5 Å². The molecule has 1 aliphatic heterocycles. The number of benzene rings is 2. The highest BCUT2D eigenvalue weighted by Crippen LogP contribution is 2.43. The molecule has 2 atom stereocenters. The summed E-state index contributed by atoms with van der Waals surface area (Å²) in [5, 5.41) is 3.65. The molecule has 3 nitrogen and oxygen atoms in total. The predicted octanol–water partition coefficient (Wildman–Crippen LogP) is 4.05. The molecule has 21 heavy (non-hydrogen) atoms. The Hall–Kier alpha value is -2.16. The van der Waals surface area contributed by atoms with Gasteiger partial charge in [0.2, 0.25) is 0 Å². The molecule has 2 unspecified atom stereocenters. The van der Waals surface area contributed by atoms with Gasteiger partial charge in [0.15, 0.2) is 0 Å². The van der Waals surface area contributed by atoms with Gasteiger partial charge in [-0.3, -0.25) is 0 Å². The molecule has 0 fully saturated rings. The van der Waals surface area contributed by atoms with E-state index in [9.17, 15) is 0 Å². The number of rotatable bonds is 3.